The summed E-state index contributed by atoms with van der Waals surface area (Å²) in [5.74, 6) is 1.26. The van der Waals surface area contributed by atoms with Gasteiger partial charge in [-0.05, 0) is 52.8 Å². The molecule has 0 aliphatic carbocycles. The van der Waals surface area contributed by atoms with E-state index < -0.39 is 6.03 Å². The second kappa shape index (κ2) is 8.53. The van der Waals surface area contributed by atoms with E-state index in [1.807, 2.05) is 37.3 Å². The number of aryl methyl sites for hydroxylation is 1. The number of rotatable bonds is 6. The number of hydrazone groups is 1. The number of methoxy groups -OCH3 is 1. The first-order chi connectivity index (χ1) is 11.5. The summed E-state index contributed by atoms with van der Waals surface area (Å²) in [6.45, 7) is 2.49. The Labute approximate surface area is 154 Å². The van der Waals surface area contributed by atoms with Gasteiger partial charge in [0.05, 0.1) is 16.9 Å². The van der Waals surface area contributed by atoms with Gasteiger partial charge in [0.2, 0.25) is 0 Å². The number of hydrogen-bond donors (Lipinski definition) is 2. The summed E-state index contributed by atoms with van der Waals surface area (Å²) in [5, 5.41) is 3.74. The van der Waals surface area contributed by atoms with E-state index in [0.29, 0.717) is 18.1 Å². The summed E-state index contributed by atoms with van der Waals surface area (Å²) in [4.78, 5) is 10.6. The largest absolute Gasteiger partial charge is 0.493 e. The van der Waals surface area contributed by atoms with Crippen LogP contribution in [0.3, 0.4) is 0 Å². The molecule has 6 nitrogen and oxygen atoms in total. The quantitative estimate of drug-likeness (QED) is 0.412. The maximum atomic E-state index is 10.6. The van der Waals surface area contributed by atoms with Gasteiger partial charge in [0.25, 0.3) is 0 Å². The van der Waals surface area contributed by atoms with E-state index in [1.54, 1.807) is 13.2 Å². The van der Waals surface area contributed by atoms with Crippen molar-refractivity contribution in [1.82, 2.24) is 5.43 Å². The van der Waals surface area contributed by atoms with E-state index in [1.165, 1.54) is 11.8 Å². The number of primary amides is 1. The zero-order valence-electron chi connectivity index (χ0n) is 13.4. The van der Waals surface area contributed by atoms with Crippen molar-refractivity contribution in [2.24, 2.45) is 10.8 Å². The molecule has 0 saturated carbocycles. The van der Waals surface area contributed by atoms with E-state index in [-0.39, 0.29) is 0 Å². The highest BCUT2D eigenvalue weighted by Gasteiger charge is 2.11. The molecule has 0 radical (unpaired) electrons. The minimum atomic E-state index is -0.717. The molecule has 0 saturated heterocycles. The number of halogens is 1. The van der Waals surface area contributed by atoms with Gasteiger partial charge in [0.15, 0.2) is 11.5 Å². The summed E-state index contributed by atoms with van der Waals surface area (Å²) >= 11 is 2.17. The third-order valence-corrected chi connectivity index (χ3v) is 3.95. The van der Waals surface area contributed by atoms with Crippen molar-refractivity contribution >= 4 is 34.8 Å². The molecule has 0 atom stereocenters. The number of carbonyl (C=O) groups excluding carboxylic acids is 1. The zero-order chi connectivity index (χ0) is 17.5. The van der Waals surface area contributed by atoms with E-state index in [4.69, 9.17) is 15.2 Å². The number of nitrogens with zero attached hydrogens (tertiary/aromatic N) is 1. The molecule has 0 aliphatic rings. The normalized spacial score (nSPS) is 10.6. The van der Waals surface area contributed by atoms with Crippen LogP contribution in [0.4, 0.5) is 4.79 Å². The van der Waals surface area contributed by atoms with Gasteiger partial charge < -0.3 is 15.2 Å². The van der Waals surface area contributed by atoms with Gasteiger partial charge in [-0.2, -0.15) is 5.10 Å². The number of hydrogen-bond acceptors (Lipinski definition) is 4. The predicted molar refractivity (Wildman–Crippen MR) is 102 cm³/mol. The Hall–Kier alpha value is -2.29. The average molecular weight is 439 g/mol. The van der Waals surface area contributed by atoms with Gasteiger partial charge in [0.1, 0.15) is 6.61 Å². The molecule has 0 spiro atoms. The second-order valence-electron chi connectivity index (χ2n) is 5.04. The number of ether oxygens (including phenoxy) is 2. The number of benzene rings is 2. The molecule has 0 unspecified atom stereocenters. The Balaban J connectivity index is 2.15. The lowest BCUT2D eigenvalue weighted by Gasteiger charge is -2.13. The van der Waals surface area contributed by atoms with Gasteiger partial charge in [-0.1, -0.05) is 29.8 Å². The van der Waals surface area contributed by atoms with Gasteiger partial charge in [-0.3, -0.25) is 0 Å². The molecule has 0 bridgehead atoms. The average Bonchev–Trinajstić information content (AvgIpc) is 2.54. The van der Waals surface area contributed by atoms with Crippen LogP contribution in [0, 0.1) is 10.5 Å². The molecule has 3 N–H and O–H groups in total. The van der Waals surface area contributed by atoms with Gasteiger partial charge in [-0.15, -0.1) is 0 Å². The highest BCUT2D eigenvalue weighted by molar-refractivity contribution is 14.1. The number of nitrogens with one attached hydrogen (secondary N) is 1. The Bertz CT molecular complexity index is 745. The molecular weight excluding hydrogens is 421 g/mol. The van der Waals surface area contributed by atoms with Gasteiger partial charge in [-0.25, -0.2) is 10.2 Å². The molecule has 24 heavy (non-hydrogen) atoms. The zero-order valence-corrected chi connectivity index (χ0v) is 15.5. The summed E-state index contributed by atoms with van der Waals surface area (Å²) in [5.41, 5.74) is 10.2. The van der Waals surface area contributed by atoms with Gasteiger partial charge >= 0.3 is 6.03 Å². The monoisotopic (exact) mass is 439 g/mol. The van der Waals surface area contributed by atoms with E-state index in [9.17, 15) is 4.79 Å². The molecule has 0 fully saturated rings. The standard InChI is InChI=1S/C17H18IN3O3/c1-11-3-5-12(6-4-11)10-24-16-14(18)7-13(8-15(16)23-2)9-20-21-17(19)22/h3-9H,10H2,1-2H3,(H3,19,21,22)/b20-9+. The molecule has 0 aromatic heterocycles. The first-order valence-corrected chi connectivity index (χ1v) is 8.22. The van der Waals surface area contributed by atoms with Crippen LogP contribution >= 0.6 is 22.6 Å². The van der Waals surface area contributed by atoms with Crippen molar-refractivity contribution < 1.29 is 14.3 Å². The lowest BCUT2D eigenvalue weighted by Crippen LogP contribution is -2.24. The molecular formula is C17H18IN3O3. The first kappa shape index (κ1) is 18.1. The van der Waals surface area contributed by atoms with Crippen molar-refractivity contribution in [2.45, 2.75) is 13.5 Å². The fourth-order valence-corrected chi connectivity index (χ4v) is 2.75. The number of amides is 2. The predicted octanol–water partition coefficient (Wildman–Crippen LogP) is 3.19. The highest BCUT2D eigenvalue weighted by atomic mass is 127. The number of carbonyl (C=O) groups is 1. The fraction of sp³-hybridized carbons (Fsp3) is 0.176. The Kier molecular flexibility index (Phi) is 6.42. The molecule has 126 valence electrons. The van der Waals surface area contributed by atoms with Gasteiger partial charge in [0, 0.05) is 0 Å². The number of urea groups is 1. The van der Waals surface area contributed by atoms with Crippen molar-refractivity contribution in [2.75, 3.05) is 7.11 Å². The summed E-state index contributed by atoms with van der Waals surface area (Å²) in [6, 6.07) is 11.1. The van der Waals surface area contributed by atoms with Crippen LogP contribution in [0.1, 0.15) is 16.7 Å². The lowest BCUT2D eigenvalue weighted by molar-refractivity contribution is 0.249. The maximum absolute atomic E-state index is 10.6. The van der Waals surface area contributed by atoms with Crippen LogP contribution < -0.4 is 20.6 Å². The van der Waals surface area contributed by atoms with Crippen LogP contribution in [-0.4, -0.2) is 19.4 Å². The van der Waals surface area contributed by atoms with Crippen molar-refractivity contribution in [1.29, 1.82) is 0 Å². The first-order valence-electron chi connectivity index (χ1n) is 7.14. The van der Waals surface area contributed by atoms with Crippen molar-refractivity contribution in [3.8, 4) is 11.5 Å². The minimum absolute atomic E-state index is 0.448. The van der Waals surface area contributed by atoms with Crippen LogP contribution in [0.15, 0.2) is 41.5 Å². The molecule has 2 rings (SSSR count). The van der Waals surface area contributed by atoms with E-state index in [0.717, 1.165) is 14.7 Å². The molecule has 0 heterocycles. The van der Waals surface area contributed by atoms with E-state index in [2.05, 4.69) is 33.1 Å². The molecule has 2 aromatic rings. The molecule has 2 amide bonds. The Morgan fingerprint density at radius 1 is 1.33 bits per heavy atom. The summed E-state index contributed by atoms with van der Waals surface area (Å²) in [6.07, 6.45) is 1.49. The van der Waals surface area contributed by atoms with Crippen molar-refractivity contribution in [3.63, 3.8) is 0 Å². The van der Waals surface area contributed by atoms with Crippen LogP contribution in [-0.2, 0) is 6.61 Å². The smallest absolute Gasteiger partial charge is 0.332 e. The van der Waals surface area contributed by atoms with Crippen LogP contribution in [0.5, 0.6) is 11.5 Å². The molecule has 2 aromatic carbocycles. The number of nitrogens with two attached hydrogens (primary N) is 1. The third kappa shape index (κ3) is 5.12. The lowest BCUT2D eigenvalue weighted by atomic mass is 10.2. The SMILES string of the molecule is COc1cc(/C=N/NC(N)=O)cc(I)c1OCc1ccc(C)cc1. The van der Waals surface area contributed by atoms with Crippen LogP contribution in [0.2, 0.25) is 0 Å². The summed E-state index contributed by atoms with van der Waals surface area (Å²) in [7, 11) is 1.58. The second-order valence-corrected chi connectivity index (χ2v) is 6.20. The van der Waals surface area contributed by atoms with Crippen LogP contribution in [0.25, 0.3) is 0 Å². The van der Waals surface area contributed by atoms with Crippen molar-refractivity contribution in [3.05, 3.63) is 56.7 Å². The Morgan fingerprint density at radius 2 is 2.04 bits per heavy atom. The maximum Gasteiger partial charge on any atom is 0.332 e. The molecule has 7 heteroatoms. The highest BCUT2D eigenvalue weighted by Crippen LogP contribution is 2.34. The topological polar surface area (TPSA) is 85.9 Å². The summed E-state index contributed by atoms with van der Waals surface area (Å²) < 4.78 is 12.2. The van der Waals surface area contributed by atoms with E-state index >= 15 is 0 Å². The Morgan fingerprint density at radius 3 is 2.67 bits per heavy atom. The minimum Gasteiger partial charge on any atom is -0.493 e. The third-order valence-electron chi connectivity index (χ3n) is 3.14. The fourth-order valence-electron chi connectivity index (χ4n) is 1.96. The molecule has 0 aliphatic heterocycles.